The first-order chi connectivity index (χ1) is 13.7. The number of nitrogens with one attached hydrogen (secondary N) is 3. The zero-order valence-electron chi connectivity index (χ0n) is 15.9. The smallest absolute Gasteiger partial charge is 0.255 e. The molecule has 0 aliphatic heterocycles. The lowest BCUT2D eigenvalue weighted by Crippen LogP contribution is -2.23. The number of carbonyl (C=O) groups is 1. The second-order valence-electron chi connectivity index (χ2n) is 6.12. The maximum Gasteiger partial charge on any atom is 0.255 e. The highest BCUT2D eigenvalue weighted by atomic mass is 32.2. The minimum atomic E-state index is -3.66. The molecule has 0 atom stereocenters. The van der Waals surface area contributed by atoms with Crippen molar-refractivity contribution in [3.63, 3.8) is 0 Å². The van der Waals surface area contributed by atoms with Crippen molar-refractivity contribution in [2.75, 3.05) is 22.3 Å². The summed E-state index contributed by atoms with van der Waals surface area (Å²) in [6.07, 6.45) is 1.94. The Labute approximate surface area is 171 Å². The van der Waals surface area contributed by atoms with Gasteiger partial charge in [0.1, 0.15) is 0 Å². The number of hydrogen-bond donors (Lipinski definition) is 3. The van der Waals surface area contributed by atoms with Gasteiger partial charge >= 0.3 is 0 Å². The fourth-order valence-electron chi connectivity index (χ4n) is 2.36. The fraction of sp³-hybridized carbons (Fsp3) is 0.211. The maximum atomic E-state index is 12.3. The molecule has 1 amide bonds. The Bertz CT molecular complexity index is 1060. The van der Waals surface area contributed by atoms with Gasteiger partial charge < -0.3 is 5.32 Å². The molecule has 0 fully saturated rings. The van der Waals surface area contributed by atoms with E-state index in [2.05, 4.69) is 21.3 Å². The van der Waals surface area contributed by atoms with Crippen molar-refractivity contribution in [1.82, 2.24) is 4.72 Å². The number of benzene rings is 2. The van der Waals surface area contributed by atoms with Gasteiger partial charge in [-0.15, -0.1) is 6.58 Å². The van der Waals surface area contributed by atoms with Crippen LogP contribution in [0.4, 0.5) is 11.4 Å². The number of hydrogen-bond acceptors (Lipinski definition) is 5. The number of rotatable bonds is 10. The third kappa shape index (κ3) is 6.70. The van der Waals surface area contributed by atoms with Gasteiger partial charge in [0, 0.05) is 23.5 Å². The predicted molar refractivity (Wildman–Crippen MR) is 114 cm³/mol. The molecule has 10 heteroatoms. The largest absolute Gasteiger partial charge is 0.322 e. The molecule has 0 saturated heterocycles. The first-order valence-electron chi connectivity index (χ1n) is 8.79. The second-order valence-corrected chi connectivity index (χ2v) is 9.73. The van der Waals surface area contributed by atoms with Gasteiger partial charge in [0.2, 0.25) is 20.0 Å². The Morgan fingerprint density at radius 3 is 2.10 bits per heavy atom. The lowest BCUT2D eigenvalue weighted by atomic mass is 10.2. The Morgan fingerprint density at radius 2 is 1.55 bits per heavy atom. The maximum absolute atomic E-state index is 12.3. The molecule has 0 radical (unpaired) electrons. The summed E-state index contributed by atoms with van der Waals surface area (Å²) in [5.41, 5.74) is 1.15. The second kappa shape index (κ2) is 9.68. The fourth-order valence-corrected chi connectivity index (χ4v) is 4.49. The van der Waals surface area contributed by atoms with Crippen molar-refractivity contribution in [3.8, 4) is 0 Å². The van der Waals surface area contributed by atoms with Gasteiger partial charge in [-0.1, -0.05) is 13.0 Å². The van der Waals surface area contributed by atoms with E-state index in [0.29, 0.717) is 17.8 Å². The van der Waals surface area contributed by atoms with Crippen LogP contribution < -0.4 is 14.8 Å². The van der Waals surface area contributed by atoms with Crippen molar-refractivity contribution >= 4 is 37.3 Å². The molecule has 29 heavy (non-hydrogen) atoms. The van der Waals surface area contributed by atoms with E-state index < -0.39 is 26.0 Å². The van der Waals surface area contributed by atoms with E-state index in [1.165, 1.54) is 30.3 Å². The highest BCUT2D eigenvalue weighted by molar-refractivity contribution is 7.92. The molecule has 0 bridgehead atoms. The van der Waals surface area contributed by atoms with Crippen LogP contribution in [0.2, 0.25) is 0 Å². The molecule has 3 N–H and O–H groups in total. The standard InChI is InChI=1S/C19H23N3O5S2/c1-3-13-20-29(26,27)18-11-5-15(6-12-18)19(23)21-16-7-9-17(10-8-16)22-28(24,25)14-4-2/h3,5-12,20,22H,1,4,13-14H2,2H3,(H,21,23). The number of amides is 1. The minimum absolute atomic E-state index is 0.0281. The minimum Gasteiger partial charge on any atom is -0.322 e. The Balaban J connectivity index is 2.04. The van der Waals surface area contributed by atoms with Gasteiger partial charge in [-0.25, -0.2) is 21.6 Å². The van der Waals surface area contributed by atoms with Crippen LogP contribution in [0.1, 0.15) is 23.7 Å². The molecule has 8 nitrogen and oxygen atoms in total. The molecule has 0 unspecified atom stereocenters. The van der Waals surface area contributed by atoms with Gasteiger partial charge in [-0.05, 0) is 55.0 Å². The molecule has 0 aliphatic rings. The van der Waals surface area contributed by atoms with E-state index in [9.17, 15) is 21.6 Å². The average Bonchev–Trinajstić information content (AvgIpc) is 2.67. The third-order valence-corrected chi connectivity index (χ3v) is 6.67. The number of sulfonamides is 2. The quantitative estimate of drug-likeness (QED) is 0.493. The summed E-state index contributed by atoms with van der Waals surface area (Å²) in [4.78, 5) is 12.4. The highest BCUT2D eigenvalue weighted by Gasteiger charge is 2.14. The van der Waals surface area contributed by atoms with Crippen molar-refractivity contribution in [2.45, 2.75) is 18.2 Å². The molecule has 0 heterocycles. The summed E-state index contributed by atoms with van der Waals surface area (Å²) in [5, 5.41) is 2.67. The topological polar surface area (TPSA) is 121 Å². The van der Waals surface area contributed by atoms with Gasteiger partial charge in [0.25, 0.3) is 5.91 Å². The third-order valence-electron chi connectivity index (χ3n) is 3.73. The Morgan fingerprint density at radius 1 is 0.966 bits per heavy atom. The number of carbonyl (C=O) groups excluding carboxylic acids is 1. The highest BCUT2D eigenvalue weighted by Crippen LogP contribution is 2.17. The van der Waals surface area contributed by atoms with Gasteiger partial charge in [-0.3, -0.25) is 9.52 Å². The molecule has 2 aromatic carbocycles. The summed E-state index contributed by atoms with van der Waals surface area (Å²) in [5.74, 6) is -0.396. The molecule has 0 saturated carbocycles. The van der Waals surface area contributed by atoms with Crippen LogP contribution in [-0.2, 0) is 20.0 Å². The van der Waals surface area contributed by atoms with Gasteiger partial charge in [0.15, 0.2) is 0 Å². The first-order valence-corrected chi connectivity index (χ1v) is 11.9. The lowest BCUT2D eigenvalue weighted by Gasteiger charge is -2.09. The van der Waals surface area contributed by atoms with Crippen LogP contribution in [0.5, 0.6) is 0 Å². The SMILES string of the molecule is C=CCNS(=O)(=O)c1ccc(C(=O)Nc2ccc(NS(=O)(=O)CCC)cc2)cc1. The molecular formula is C19H23N3O5S2. The average molecular weight is 438 g/mol. The molecule has 0 aromatic heterocycles. The van der Waals surface area contributed by atoms with Crippen LogP contribution in [-0.4, -0.2) is 35.0 Å². The summed E-state index contributed by atoms with van der Waals surface area (Å²) < 4.78 is 52.4. The molecule has 2 rings (SSSR count). The Kier molecular flexibility index (Phi) is 7.54. The lowest BCUT2D eigenvalue weighted by molar-refractivity contribution is 0.102. The van der Waals surface area contributed by atoms with Crippen molar-refractivity contribution in [2.24, 2.45) is 0 Å². The van der Waals surface area contributed by atoms with Crippen molar-refractivity contribution < 1.29 is 21.6 Å². The van der Waals surface area contributed by atoms with Crippen LogP contribution in [0.3, 0.4) is 0 Å². The van der Waals surface area contributed by atoms with E-state index in [1.807, 2.05) is 0 Å². The molecule has 156 valence electrons. The van der Waals surface area contributed by atoms with E-state index >= 15 is 0 Å². The predicted octanol–water partition coefficient (Wildman–Crippen LogP) is 2.55. The number of anilines is 2. The zero-order chi connectivity index (χ0) is 21.5. The monoisotopic (exact) mass is 437 g/mol. The van der Waals surface area contributed by atoms with Crippen molar-refractivity contribution in [1.29, 1.82) is 0 Å². The van der Waals surface area contributed by atoms with E-state index in [1.54, 1.807) is 31.2 Å². The summed E-state index contributed by atoms with van der Waals surface area (Å²) in [7, 11) is -7.04. The van der Waals surface area contributed by atoms with Crippen molar-refractivity contribution in [3.05, 3.63) is 66.7 Å². The molecular weight excluding hydrogens is 414 g/mol. The summed E-state index contributed by atoms with van der Waals surface area (Å²) in [6.45, 7) is 5.33. The van der Waals surface area contributed by atoms with Crippen LogP contribution in [0.15, 0.2) is 66.1 Å². The van der Waals surface area contributed by atoms with E-state index in [0.717, 1.165) is 0 Å². The summed E-state index contributed by atoms with van der Waals surface area (Å²) in [6, 6.07) is 11.7. The van der Waals surface area contributed by atoms with E-state index in [-0.39, 0.29) is 22.8 Å². The Hall–Kier alpha value is -2.69. The molecule has 0 spiro atoms. The van der Waals surface area contributed by atoms with Crippen LogP contribution in [0, 0.1) is 0 Å². The normalized spacial score (nSPS) is 11.6. The van der Waals surface area contributed by atoms with Gasteiger partial charge in [0.05, 0.1) is 10.6 Å². The van der Waals surface area contributed by atoms with Crippen LogP contribution >= 0.6 is 0 Å². The zero-order valence-corrected chi connectivity index (χ0v) is 17.5. The molecule has 2 aromatic rings. The molecule has 0 aliphatic carbocycles. The van der Waals surface area contributed by atoms with Gasteiger partial charge in [-0.2, -0.15) is 0 Å². The summed E-state index contributed by atoms with van der Waals surface area (Å²) >= 11 is 0. The first kappa shape index (κ1) is 22.6. The van der Waals surface area contributed by atoms with E-state index in [4.69, 9.17) is 0 Å². The van der Waals surface area contributed by atoms with Crippen LogP contribution in [0.25, 0.3) is 0 Å².